The fraction of sp³-hybridized carbons (Fsp3) is 0.222. The van der Waals surface area contributed by atoms with Gasteiger partial charge < -0.3 is 19.9 Å². The van der Waals surface area contributed by atoms with E-state index >= 15 is 0 Å². The molecule has 0 saturated heterocycles. The number of aromatic hydroxyl groups is 1. The first-order valence-electron chi connectivity index (χ1n) is 10.9. The number of phenols is 1. The van der Waals surface area contributed by atoms with E-state index in [1.54, 1.807) is 30.5 Å². The zero-order valence-electron chi connectivity index (χ0n) is 19.5. The van der Waals surface area contributed by atoms with Crippen molar-refractivity contribution in [3.63, 3.8) is 0 Å². The Morgan fingerprint density at radius 1 is 0.939 bits per heavy atom. The molecule has 0 spiro atoms. The van der Waals surface area contributed by atoms with Crippen LogP contribution < -0.4 is 14.8 Å². The summed E-state index contributed by atoms with van der Waals surface area (Å²) < 4.78 is 25.8. The maximum Gasteiger partial charge on any atom is 0.161 e. The number of hydrogen-bond donors (Lipinski definition) is 2. The van der Waals surface area contributed by atoms with E-state index in [1.165, 1.54) is 24.8 Å². The monoisotopic (exact) mass is 448 g/mol. The van der Waals surface area contributed by atoms with Gasteiger partial charge in [-0.2, -0.15) is 0 Å². The van der Waals surface area contributed by atoms with Gasteiger partial charge in [-0.1, -0.05) is 39.8 Å². The number of nitrogens with zero attached hydrogens (tertiary/aromatic N) is 1. The summed E-state index contributed by atoms with van der Waals surface area (Å²) in [6.07, 6.45) is 1.57. The molecular formula is C27H29FN2O3. The number of aromatic nitrogens is 1. The predicted octanol–water partition coefficient (Wildman–Crippen LogP) is 7.77. The molecule has 0 amide bonds. The third kappa shape index (κ3) is 5.52. The second kappa shape index (κ2) is 10.7. The van der Waals surface area contributed by atoms with Gasteiger partial charge in [0.15, 0.2) is 11.5 Å². The van der Waals surface area contributed by atoms with Crippen molar-refractivity contribution in [3.05, 3.63) is 78.2 Å². The SMILES string of the molecule is CC.COc1cc2c(Oc3ccc(Nc4ccc(C(C)C)cc4)c(F)c3)ccnc2cc1O. The van der Waals surface area contributed by atoms with Gasteiger partial charge in [0.2, 0.25) is 0 Å². The summed E-state index contributed by atoms with van der Waals surface area (Å²) in [5, 5.41) is 13.7. The Morgan fingerprint density at radius 3 is 2.30 bits per heavy atom. The Morgan fingerprint density at radius 2 is 1.67 bits per heavy atom. The minimum Gasteiger partial charge on any atom is -0.504 e. The molecule has 172 valence electrons. The lowest BCUT2D eigenvalue weighted by Gasteiger charge is -2.13. The fourth-order valence-corrected chi connectivity index (χ4v) is 3.28. The van der Waals surface area contributed by atoms with Crippen molar-refractivity contribution < 1.29 is 19.0 Å². The maximum atomic E-state index is 14.7. The Kier molecular flexibility index (Phi) is 7.72. The maximum absolute atomic E-state index is 14.7. The fourth-order valence-electron chi connectivity index (χ4n) is 3.28. The minimum atomic E-state index is -0.431. The lowest BCUT2D eigenvalue weighted by atomic mass is 10.0. The van der Waals surface area contributed by atoms with Crippen molar-refractivity contribution in [1.29, 1.82) is 0 Å². The Bertz CT molecular complexity index is 1220. The standard InChI is InChI=1S/C25H23FN2O3.C2H6/c1-15(2)16-4-6-17(7-5-16)28-21-9-8-18(12-20(21)26)31-24-10-11-27-22-14-23(29)25(30-3)13-19(22)24;1-2/h4-15,28-29H,1-3H3;1-2H3. The summed E-state index contributed by atoms with van der Waals surface area (Å²) in [6.45, 7) is 8.26. The van der Waals surface area contributed by atoms with Gasteiger partial charge in [-0.15, -0.1) is 0 Å². The number of halogens is 1. The van der Waals surface area contributed by atoms with Crippen LogP contribution in [0.5, 0.6) is 23.0 Å². The van der Waals surface area contributed by atoms with Gasteiger partial charge in [0, 0.05) is 29.4 Å². The molecular weight excluding hydrogens is 419 g/mol. The summed E-state index contributed by atoms with van der Waals surface area (Å²) in [6, 6.07) is 17.4. The van der Waals surface area contributed by atoms with Crippen molar-refractivity contribution in [2.24, 2.45) is 0 Å². The normalized spacial score (nSPS) is 10.5. The van der Waals surface area contributed by atoms with Crippen molar-refractivity contribution in [2.45, 2.75) is 33.6 Å². The molecule has 6 heteroatoms. The third-order valence-electron chi connectivity index (χ3n) is 5.03. The molecule has 1 aromatic heterocycles. The highest BCUT2D eigenvalue weighted by Gasteiger charge is 2.12. The summed E-state index contributed by atoms with van der Waals surface area (Å²) >= 11 is 0. The molecule has 0 saturated carbocycles. The average Bonchev–Trinajstić information content (AvgIpc) is 2.82. The third-order valence-corrected chi connectivity index (χ3v) is 5.03. The van der Waals surface area contributed by atoms with Crippen LogP contribution in [0.15, 0.2) is 66.9 Å². The zero-order chi connectivity index (χ0) is 24.0. The van der Waals surface area contributed by atoms with Gasteiger partial charge >= 0.3 is 0 Å². The van der Waals surface area contributed by atoms with Gasteiger partial charge in [-0.3, -0.25) is 4.98 Å². The van der Waals surface area contributed by atoms with E-state index < -0.39 is 5.82 Å². The Balaban J connectivity index is 0.00000149. The molecule has 5 nitrogen and oxygen atoms in total. The Labute approximate surface area is 193 Å². The molecule has 4 aromatic rings. The minimum absolute atomic E-state index is 0.0115. The van der Waals surface area contributed by atoms with Crippen LogP contribution in [0.2, 0.25) is 0 Å². The van der Waals surface area contributed by atoms with E-state index in [2.05, 4.69) is 24.1 Å². The van der Waals surface area contributed by atoms with Gasteiger partial charge in [0.25, 0.3) is 0 Å². The van der Waals surface area contributed by atoms with Crippen molar-refractivity contribution >= 4 is 22.3 Å². The van der Waals surface area contributed by atoms with Gasteiger partial charge in [0.1, 0.15) is 17.3 Å². The highest BCUT2D eigenvalue weighted by molar-refractivity contribution is 5.88. The quantitative estimate of drug-likeness (QED) is 0.315. The second-order valence-corrected chi connectivity index (χ2v) is 7.50. The first kappa shape index (κ1) is 23.9. The summed E-state index contributed by atoms with van der Waals surface area (Å²) in [4.78, 5) is 4.24. The Hall–Kier alpha value is -3.80. The van der Waals surface area contributed by atoms with E-state index in [9.17, 15) is 9.50 Å². The predicted molar refractivity (Wildman–Crippen MR) is 132 cm³/mol. The second-order valence-electron chi connectivity index (χ2n) is 7.50. The van der Waals surface area contributed by atoms with Crippen LogP contribution in [0.1, 0.15) is 39.2 Å². The summed E-state index contributed by atoms with van der Waals surface area (Å²) in [5.74, 6) is 1.13. The number of ether oxygens (including phenoxy) is 2. The van der Waals surface area contributed by atoms with Crippen LogP contribution in [-0.4, -0.2) is 17.2 Å². The first-order valence-corrected chi connectivity index (χ1v) is 10.9. The molecule has 2 N–H and O–H groups in total. The van der Waals surface area contributed by atoms with Gasteiger partial charge in [-0.25, -0.2) is 4.39 Å². The van der Waals surface area contributed by atoms with Gasteiger partial charge in [-0.05, 0) is 47.9 Å². The molecule has 0 aliphatic heterocycles. The van der Waals surface area contributed by atoms with Crippen LogP contribution in [0.4, 0.5) is 15.8 Å². The number of benzene rings is 3. The zero-order valence-corrected chi connectivity index (χ0v) is 19.5. The number of anilines is 2. The lowest BCUT2D eigenvalue weighted by molar-refractivity contribution is 0.374. The number of fused-ring (bicyclic) bond motifs is 1. The van der Waals surface area contributed by atoms with Crippen molar-refractivity contribution in [1.82, 2.24) is 4.98 Å². The van der Waals surface area contributed by atoms with Crippen molar-refractivity contribution in [2.75, 3.05) is 12.4 Å². The lowest BCUT2D eigenvalue weighted by Crippen LogP contribution is -1.96. The number of nitrogens with one attached hydrogen (secondary N) is 1. The van der Waals surface area contributed by atoms with Crippen LogP contribution in [0.25, 0.3) is 10.9 Å². The van der Waals surface area contributed by atoms with E-state index in [4.69, 9.17) is 9.47 Å². The topological polar surface area (TPSA) is 63.6 Å². The van der Waals surface area contributed by atoms with Crippen LogP contribution >= 0.6 is 0 Å². The molecule has 0 unspecified atom stereocenters. The molecule has 0 aliphatic carbocycles. The summed E-state index contributed by atoms with van der Waals surface area (Å²) in [7, 11) is 1.47. The van der Waals surface area contributed by atoms with E-state index in [0.29, 0.717) is 39.8 Å². The highest BCUT2D eigenvalue weighted by atomic mass is 19.1. The highest BCUT2D eigenvalue weighted by Crippen LogP contribution is 2.37. The van der Waals surface area contributed by atoms with Crippen LogP contribution in [-0.2, 0) is 0 Å². The number of rotatable bonds is 6. The largest absolute Gasteiger partial charge is 0.504 e. The molecule has 0 atom stereocenters. The average molecular weight is 449 g/mol. The molecule has 0 aliphatic rings. The molecule has 1 heterocycles. The van der Waals surface area contributed by atoms with E-state index in [-0.39, 0.29) is 5.75 Å². The van der Waals surface area contributed by atoms with E-state index in [0.717, 1.165) is 5.69 Å². The van der Waals surface area contributed by atoms with Gasteiger partial charge in [0.05, 0.1) is 18.3 Å². The summed E-state index contributed by atoms with van der Waals surface area (Å²) in [5.41, 5.74) is 2.93. The smallest absolute Gasteiger partial charge is 0.161 e. The van der Waals surface area contributed by atoms with Crippen LogP contribution in [0.3, 0.4) is 0 Å². The number of pyridine rings is 1. The molecule has 0 radical (unpaired) electrons. The number of hydrogen-bond acceptors (Lipinski definition) is 5. The van der Waals surface area contributed by atoms with Crippen molar-refractivity contribution in [3.8, 4) is 23.0 Å². The molecule has 3 aromatic carbocycles. The number of methoxy groups -OCH3 is 1. The molecule has 33 heavy (non-hydrogen) atoms. The molecule has 4 rings (SSSR count). The van der Waals surface area contributed by atoms with Crippen LogP contribution in [0, 0.1) is 5.82 Å². The molecule has 0 fully saturated rings. The number of phenolic OH excluding ortho intramolecular Hbond substituents is 1. The van der Waals surface area contributed by atoms with E-state index in [1.807, 2.05) is 38.1 Å². The molecule has 0 bridgehead atoms. The first-order chi connectivity index (χ1) is 15.9.